The van der Waals surface area contributed by atoms with Crippen molar-refractivity contribution in [3.8, 4) is 0 Å². The second-order valence-corrected chi connectivity index (χ2v) is 6.12. The van der Waals surface area contributed by atoms with Gasteiger partial charge in [0.1, 0.15) is 6.54 Å². The predicted octanol–water partition coefficient (Wildman–Crippen LogP) is 1.55. The molecule has 1 aliphatic rings. The number of aryl methyl sites for hydroxylation is 1. The standard InChI is InChI=1S/C17H29N5O2/c1-4-14-11-15(24-21-14)12-20-17(19-5-2)22-8-6-13(7-9-22)10-16(23)18-3/h11,13H,4-10,12H2,1-3H3,(H,18,23)(H,19,20). The van der Waals surface area contributed by atoms with Crippen LogP contribution >= 0.6 is 0 Å². The Bertz CT molecular complexity index is 547. The highest BCUT2D eigenvalue weighted by Gasteiger charge is 2.23. The van der Waals surface area contributed by atoms with E-state index in [4.69, 9.17) is 4.52 Å². The first-order valence-electron chi connectivity index (χ1n) is 8.84. The summed E-state index contributed by atoms with van der Waals surface area (Å²) in [6.45, 7) is 7.28. The molecule has 0 atom stereocenters. The van der Waals surface area contributed by atoms with Crippen LogP contribution < -0.4 is 10.6 Å². The predicted molar refractivity (Wildman–Crippen MR) is 93.7 cm³/mol. The lowest BCUT2D eigenvalue weighted by atomic mass is 9.93. The van der Waals surface area contributed by atoms with Crippen molar-refractivity contribution in [2.24, 2.45) is 10.9 Å². The molecule has 7 nitrogen and oxygen atoms in total. The number of aliphatic imine (C=N–C) groups is 1. The van der Waals surface area contributed by atoms with E-state index in [0.717, 1.165) is 56.3 Å². The molecule has 0 unspecified atom stereocenters. The van der Waals surface area contributed by atoms with Gasteiger partial charge in [-0.25, -0.2) is 4.99 Å². The van der Waals surface area contributed by atoms with Gasteiger partial charge in [-0.3, -0.25) is 4.79 Å². The van der Waals surface area contributed by atoms with E-state index in [9.17, 15) is 4.79 Å². The summed E-state index contributed by atoms with van der Waals surface area (Å²) in [5.41, 5.74) is 0.959. The maximum atomic E-state index is 11.5. The smallest absolute Gasteiger partial charge is 0.220 e. The van der Waals surface area contributed by atoms with Crippen LogP contribution in [-0.4, -0.2) is 48.6 Å². The van der Waals surface area contributed by atoms with Crippen LogP contribution in [0.15, 0.2) is 15.6 Å². The van der Waals surface area contributed by atoms with Crippen LogP contribution in [0.5, 0.6) is 0 Å². The van der Waals surface area contributed by atoms with Crippen molar-refractivity contribution in [1.82, 2.24) is 20.7 Å². The van der Waals surface area contributed by atoms with Crippen molar-refractivity contribution in [2.45, 2.75) is 46.1 Å². The third-order valence-corrected chi connectivity index (χ3v) is 4.36. The highest BCUT2D eigenvalue weighted by Crippen LogP contribution is 2.20. The van der Waals surface area contributed by atoms with Crippen LogP contribution in [0.4, 0.5) is 0 Å². The quantitative estimate of drug-likeness (QED) is 0.609. The number of piperidine rings is 1. The molecule has 1 amide bonds. The number of hydrogen-bond donors (Lipinski definition) is 2. The number of aromatic nitrogens is 1. The molecule has 2 rings (SSSR count). The number of carbonyl (C=O) groups is 1. The third kappa shape index (κ3) is 5.25. The van der Waals surface area contributed by atoms with Gasteiger partial charge in [-0.05, 0) is 32.1 Å². The van der Waals surface area contributed by atoms with E-state index < -0.39 is 0 Å². The van der Waals surface area contributed by atoms with Gasteiger partial charge in [0.05, 0.1) is 5.69 Å². The number of nitrogens with zero attached hydrogens (tertiary/aromatic N) is 3. The topological polar surface area (TPSA) is 82.8 Å². The van der Waals surface area contributed by atoms with Crippen molar-refractivity contribution < 1.29 is 9.32 Å². The van der Waals surface area contributed by atoms with Crippen molar-refractivity contribution in [2.75, 3.05) is 26.7 Å². The minimum Gasteiger partial charge on any atom is -0.359 e. The monoisotopic (exact) mass is 335 g/mol. The molecule has 1 aromatic rings. The molecule has 1 aromatic heterocycles. The minimum absolute atomic E-state index is 0.131. The molecule has 0 aliphatic carbocycles. The van der Waals surface area contributed by atoms with E-state index in [1.165, 1.54) is 0 Å². The number of rotatable bonds is 6. The fraction of sp³-hybridized carbons (Fsp3) is 0.706. The molecule has 1 saturated heterocycles. The lowest BCUT2D eigenvalue weighted by Gasteiger charge is -2.34. The zero-order chi connectivity index (χ0) is 17.4. The summed E-state index contributed by atoms with van der Waals surface area (Å²) in [6.07, 6.45) is 3.52. The molecule has 24 heavy (non-hydrogen) atoms. The third-order valence-electron chi connectivity index (χ3n) is 4.36. The highest BCUT2D eigenvalue weighted by atomic mass is 16.5. The van der Waals surface area contributed by atoms with Crippen LogP contribution in [0.3, 0.4) is 0 Å². The Balaban J connectivity index is 1.90. The first-order chi connectivity index (χ1) is 11.7. The number of amides is 1. The number of likely N-dealkylation sites (tertiary alicyclic amines) is 1. The largest absolute Gasteiger partial charge is 0.359 e. The molecule has 0 spiro atoms. The van der Waals surface area contributed by atoms with Crippen LogP contribution in [-0.2, 0) is 17.8 Å². The van der Waals surface area contributed by atoms with Crippen LogP contribution in [0, 0.1) is 5.92 Å². The zero-order valence-electron chi connectivity index (χ0n) is 15.0. The molecule has 7 heteroatoms. The number of guanidine groups is 1. The van der Waals surface area contributed by atoms with Crippen LogP contribution in [0.1, 0.15) is 44.6 Å². The molecule has 2 N–H and O–H groups in total. The summed E-state index contributed by atoms with van der Waals surface area (Å²) in [7, 11) is 1.70. The van der Waals surface area contributed by atoms with Gasteiger partial charge < -0.3 is 20.1 Å². The second-order valence-electron chi connectivity index (χ2n) is 6.12. The Kier molecular flexibility index (Phi) is 7.08. The summed E-state index contributed by atoms with van der Waals surface area (Å²) in [5, 5.41) is 10.1. The number of nitrogens with one attached hydrogen (secondary N) is 2. The Hall–Kier alpha value is -2.05. The van der Waals surface area contributed by atoms with E-state index >= 15 is 0 Å². The summed E-state index contributed by atoms with van der Waals surface area (Å²) < 4.78 is 5.30. The Morgan fingerprint density at radius 2 is 2.17 bits per heavy atom. The summed E-state index contributed by atoms with van der Waals surface area (Å²) >= 11 is 0. The van der Waals surface area contributed by atoms with E-state index in [1.54, 1.807) is 7.05 Å². The van der Waals surface area contributed by atoms with E-state index in [2.05, 4.69) is 39.5 Å². The van der Waals surface area contributed by atoms with Gasteiger partial charge in [0.2, 0.25) is 5.91 Å². The van der Waals surface area contributed by atoms with Crippen molar-refractivity contribution in [1.29, 1.82) is 0 Å². The molecule has 0 radical (unpaired) electrons. The average molecular weight is 335 g/mol. The first-order valence-corrected chi connectivity index (χ1v) is 8.84. The molecule has 1 fully saturated rings. The van der Waals surface area contributed by atoms with Gasteiger partial charge in [-0.2, -0.15) is 0 Å². The molecule has 1 aliphatic heterocycles. The Morgan fingerprint density at radius 1 is 1.42 bits per heavy atom. The maximum Gasteiger partial charge on any atom is 0.220 e. The molecule has 0 bridgehead atoms. The maximum absolute atomic E-state index is 11.5. The van der Waals surface area contributed by atoms with Gasteiger partial charge in [0, 0.05) is 39.2 Å². The van der Waals surface area contributed by atoms with Gasteiger partial charge in [0.25, 0.3) is 0 Å². The Labute approximate surface area is 143 Å². The molecular formula is C17H29N5O2. The fourth-order valence-electron chi connectivity index (χ4n) is 2.89. The van der Waals surface area contributed by atoms with E-state index in [1.807, 2.05) is 6.07 Å². The van der Waals surface area contributed by atoms with E-state index in [-0.39, 0.29) is 5.91 Å². The number of carbonyl (C=O) groups excluding carboxylic acids is 1. The molecule has 134 valence electrons. The lowest BCUT2D eigenvalue weighted by Crippen LogP contribution is -2.46. The van der Waals surface area contributed by atoms with Gasteiger partial charge >= 0.3 is 0 Å². The highest BCUT2D eigenvalue weighted by molar-refractivity contribution is 5.80. The minimum atomic E-state index is 0.131. The first kappa shape index (κ1) is 18.3. The normalized spacial score (nSPS) is 16.3. The van der Waals surface area contributed by atoms with Crippen molar-refractivity contribution in [3.05, 3.63) is 17.5 Å². The zero-order valence-corrected chi connectivity index (χ0v) is 15.0. The van der Waals surface area contributed by atoms with Gasteiger partial charge in [-0.1, -0.05) is 12.1 Å². The second kappa shape index (κ2) is 9.30. The SMILES string of the molecule is CCNC(=NCc1cc(CC)no1)N1CCC(CC(=O)NC)CC1. The summed E-state index contributed by atoms with van der Waals surface area (Å²) in [5.74, 6) is 2.29. The number of hydrogen-bond acceptors (Lipinski definition) is 4. The summed E-state index contributed by atoms with van der Waals surface area (Å²) in [6, 6.07) is 1.96. The summed E-state index contributed by atoms with van der Waals surface area (Å²) in [4.78, 5) is 18.4. The molecule has 0 aromatic carbocycles. The van der Waals surface area contributed by atoms with Gasteiger partial charge in [-0.15, -0.1) is 0 Å². The fourth-order valence-corrected chi connectivity index (χ4v) is 2.89. The molecular weight excluding hydrogens is 306 g/mol. The van der Waals surface area contributed by atoms with Crippen LogP contribution in [0.2, 0.25) is 0 Å². The average Bonchev–Trinajstić information content (AvgIpc) is 3.07. The van der Waals surface area contributed by atoms with E-state index in [0.29, 0.717) is 18.9 Å². The van der Waals surface area contributed by atoms with Crippen molar-refractivity contribution >= 4 is 11.9 Å². The lowest BCUT2D eigenvalue weighted by molar-refractivity contribution is -0.121. The van der Waals surface area contributed by atoms with Crippen molar-refractivity contribution in [3.63, 3.8) is 0 Å². The molecule has 0 saturated carbocycles. The van der Waals surface area contributed by atoms with Crippen LogP contribution in [0.25, 0.3) is 0 Å². The molecule has 2 heterocycles. The Morgan fingerprint density at radius 3 is 2.75 bits per heavy atom. The van der Waals surface area contributed by atoms with Gasteiger partial charge in [0.15, 0.2) is 11.7 Å².